The smallest absolute Gasteiger partial charge is 0.266 e. The Morgan fingerprint density at radius 2 is 1.97 bits per heavy atom. The first-order valence-corrected chi connectivity index (χ1v) is 9.83. The SMILES string of the molecule is COc1ccc(-c2nc(SCC(=O)Nc3ccccc3F)n3[nH]c(=O)cc3n2)cc1. The number of halogens is 1. The average Bonchev–Trinajstić information content (AvgIpc) is 3.14. The fraction of sp³-hybridized carbons (Fsp3) is 0.100. The van der Waals surface area contributed by atoms with Crippen LogP contribution in [0.15, 0.2) is 64.5 Å². The van der Waals surface area contributed by atoms with Crippen LogP contribution in [0.1, 0.15) is 0 Å². The molecule has 2 heterocycles. The lowest BCUT2D eigenvalue weighted by molar-refractivity contribution is -0.113. The van der Waals surface area contributed by atoms with Crippen LogP contribution in [0.4, 0.5) is 10.1 Å². The van der Waals surface area contributed by atoms with E-state index in [2.05, 4.69) is 20.4 Å². The number of aromatic amines is 1. The van der Waals surface area contributed by atoms with E-state index >= 15 is 0 Å². The highest BCUT2D eigenvalue weighted by Gasteiger charge is 2.14. The summed E-state index contributed by atoms with van der Waals surface area (Å²) in [4.78, 5) is 33.0. The van der Waals surface area contributed by atoms with E-state index in [-0.39, 0.29) is 17.0 Å². The zero-order valence-electron chi connectivity index (χ0n) is 15.8. The van der Waals surface area contributed by atoms with Gasteiger partial charge in [-0.25, -0.2) is 18.9 Å². The molecule has 0 atom stereocenters. The van der Waals surface area contributed by atoms with Crippen molar-refractivity contribution < 1.29 is 13.9 Å². The number of carbonyl (C=O) groups is 1. The minimum absolute atomic E-state index is 0.0390. The predicted molar refractivity (Wildman–Crippen MR) is 111 cm³/mol. The molecule has 0 saturated heterocycles. The van der Waals surface area contributed by atoms with E-state index in [4.69, 9.17) is 4.74 Å². The highest BCUT2D eigenvalue weighted by molar-refractivity contribution is 7.99. The summed E-state index contributed by atoms with van der Waals surface area (Å²) in [7, 11) is 1.57. The summed E-state index contributed by atoms with van der Waals surface area (Å²) in [5.74, 6) is 0.128. The molecular formula is C20H16FN5O3S. The number of ether oxygens (including phenoxy) is 1. The van der Waals surface area contributed by atoms with E-state index in [0.717, 1.165) is 17.3 Å². The van der Waals surface area contributed by atoms with Gasteiger partial charge in [0.15, 0.2) is 16.6 Å². The second-order valence-corrected chi connectivity index (χ2v) is 7.13. The van der Waals surface area contributed by atoms with Crippen molar-refractivity contribution in [3.63, 3.8) is 0 Å². The number of aromatic nitrogens is 4. The third-order valence-corrected chi connectivity index (χ3v) is 5.09. The van der Waals surface area contributed by atoms with Crippen LogP contribution in [-0.2, 0) is 4.79 Å². The summed E-state index contributed by atoms with van der Waals surface area (Å²) in [5, 5.41) is 5.50. The quantitative estimate of drug-likeness (QED) is 0.461. The topological polar surface area (TPSA) is 101 Å². The highest BCUT2D eigenvalue weighted by Crippen LogP contribution is 2.23. The Labute approximate surface area is 174 Å². The van der Waals surface area contributed by atoms with Gasteiger partial charge in [-0.2, -0.15) is 0 Å². The van der Waals surface area contributed by atoms with Crippen molar-refractivity contribution in [2.75, 3.05) is 18.2 Å². The molecule has 0 aliphatic carbocycles. The van der Waals surface area contributed by atoms with Crippen molar-refractivity contribution in [1.29, 1.82) is 0 Å². The third-order valence-electron chi connectivity index (χ3n) is 4.15. The van der Waals surface area contributed by atoms with Gasteiger partial charge in [-0.1, -0.05) is 23.9 Å². The molecule has 2 aromatic carbocycles. The number of methoxy groups -OCH3 is 1. The normalized spacial score (nSPS) is 10.9. The molecule has 8 nitrogen and oxygen atoms in total. The predicted octanol–water partition coefficient (Wildman–Crippen LogP) is 2.96. The molecule has 4 rings (SSSR count). The van der Waals surface area contributed by atoms with Crippen LogP contribution in [0.2, 0.25) is 0 Å². The molecular weight excluding hydrogens is 409 g/mol. The summed E-state index contributed by atoms with van der Waals surface area (Å²) < 4.78 is 20.3. The third kappa shape index (κ3) is 4.18. The number of H-pyrrole nitrogens is 1. The number of nitrogens with one attached hydrogen (secondary N) is 2. The minimum Gasteiger partial charge on any atom is -0.497 e. The van der Waals surface area contributed by atoms with E-state index in [9.17, 15) is 14.0 Å². The lowest BCUT2D eigenvalue weighted by atomic mass is 10.2. The van der Waals surface area contributed by atoms with Crippen molar-refractivity contribution in [2.24, 2.45) is 0 Å². The number of hydrogen-bond acceptors (Lipinski definition) is 6. The van der Waals surface area contributed by atoms with Crippen LogP contribution in [0.25, 0.3) is 17.0 Å². The number of para-hydroxylation sites is 1. The van der Waals surface area contributed by atoms with Gasteiger partial charge >= 0.3 is 0 Å². The molecule has 4 aromatic rings. The lowest BCUT2D eigenvalue weighted by Crippen LogP contribution is -2.16. The Kier molecular flexibility index (Phi) is 5.48. The van der Waals surface area contributed by atoms with Gasteiger partial charge in [0, 0.05) is 11.6 Å². The largest absolute Gasteiger partial charge is 0.497 e. The van der Waals surface area contributed by atoms with Crippen LogP contribution in [0.3, 0.4) is 0 Å². The second-order valence-electron chi connectivity index (χ2n) is 6.19. The molecule has 0 saturated carbocycles. The number of carbonyl (C=O) groups excluding carboxylic acids is 1. The summed E-state index contributed by atoms with van der Waals surface area (Å²) in [6, 6.07) is 14.4. The van der Waals surface area contributed by atoms with Gasteiger partial charge in [-0.3, -0.25) is 14.7 Å². The van der Waals surface area contributed by atoms with Gasteiger partial charge < -0.3 is 10.1 Å². The summed E-state index contributed by atoms with van der Waals surface area (Å²) in [5.41, 5.74) is 0.862. The molecule has 0 aliphatic rings. The molecule has 1 amide bonds. The Bertz CT molecular complexity index is 1270. The number of nitrogens with zero attached hydrogens (tertiary/aromatic N) is 3. The van der Waals surface area contributed by atoms with E-state index in [1.807, 2.05) is 0 Å². The van der Waals surface area contributed by atoms with Gasteiger partial charge in [0.1, 0.15) is 11.6 Å². The van der Waals surface area contributed by atoms with Crippen molar-refractivity contribution in [2.45, 2.75) is 5.16 Å². The minimum atomic E-state index is -0.517. The number of anilines is 1. The fourth-order valence-electron chi connectivity index (χ4n) is 2.73. The number of amides is 1. The number of benzene rings is 2. The van der Waals surface area contributed by atoms with Crippen molar-refractivity contribution in [3.05, 3.63) is 70.8 Å². The summed E-state index contributed by atoms with van der Waals surface area (Å²) >= 11 is 1.10. The van der Waals surface area contributed by atoms with Crippen molar-refractivity contribution in [3.8, 4) is 17.1 Å². The van der Waals surface area contributed by atoms with Gasteiger partial charge in [0.05, 0.1) is 18.6 Å². The fourth-order valence-corrected chi connectivity index (χ4v) is 3.48. The molecule has 30 heavy (non-hydrogen) atoms. The molecule has 152 valence electrons. The summed E-state index contributed by atoms with van der Waals surface area (Å²) in [6.07, 6.45) is 0. The van der Waals surface area contributed by atoms with Gasteiger partial charge in [0.25, 0.3) is 5.56 Å². The second kappa shape index (κ2) is 8.37. The molecule has 0 spiro atoms. The maximum absolute atomic E-state index is 13.7. The number of rotatable bonds is 6. The van der Waals surface area contributed by atoms with Crippen LogP contribution in [-0.4, -0.2) is 38.4 Å². The van der Waals surface area contributed by atoms with Crippen LogP contribution < -0.4 is 15.6 Å². The first-order chi connectivity index (χ1) is 14.5. The van der Waals surface area contributed by atoms with Gasteiger partial charge in [-0.05, 0) is 36.4 Å². The van der Waals surface area contributed by atoms with Crippen molar-refractivity contribution >= 4 is 29.0 Å². The monoisotopic (exact) mass is 425 g/mol. The standard InChI is InChI=1S/C20H16FN5O3S/c1-29-13-8-6-12(7-9-13)19-23-16-10-17(27)25-26(16)20(24-19)30-11-18(28)22-15-5-3-2-4-14(15)21/h2-10H,11H2,1H3,(H,22,28)(H,25,27). The zero-order valence-corrected chi connectivity index (χ0v) is 16.6. The molecule has 0 unspecified atom stereocenters. The first kappa shape index (κ1) is 19.6. The Hall–Kier alpha value is -3.66. The molecule has 2 aromatic heterocycles. The van der Waals surface area contributed by atoms with E-state index in [0.29, 0.717) is 22.4 Å². The number of fused-ring (bicyclic) bond motifs is 1. The van der Waals surface area contributed by atoms with E-state index in [1.165, 1.54) is 22.7 Å². The Morgan fingerprint density at radius 1 is 1.20 bits per heavy atom. The zero-order chi connectivity index (χ0) is 21.1. The van der Waals surface area contributed by atoms with Crippen LogP contribution in [0, 0.1) is 5.82 Å². The van der Waals surface area contributed by atoms with Crippen molar-refractivity contribution in [1.82, 2.24) is 19.6 Å². The van der Waals surface area contributed by atoms with Gasteiger partial charge in [0.2, 0.25) is 5.91 Å². The lowest BCUT2D eigenvalue weighted by Gasteiger charge is -2.09. The van der Waals surface area contributed by atoms with Crippen LogP contribution in [0.5, 0.6) is 5.75 Å². The first-order valence-electron chi connectivity index (χ1n) is 8.85. The maximum Gasteiger partial charge on any atom is 0.266 e. The Morgan fingerprint density at radius 3 is 2.70 bits per heavy atom. The molecule has 10 heteroatoms. The number of thioether (sulfide) groups is 1. The molecule has 0 bridgehead atoms. The average molecular weight is 425 g/mol. The highest BCUT2D eigenvalue weighted by atomic mass is 32.2. The molecule has 2 N–H and O–H groups in total. The Balaban J connectivity index is 1.60. The molecule has 0 radical (unpaired) electrons. The maximum atomic E-state index is 13.7. The van der Waals surface area contributed by atoms with E-state index < -0.39 is 11.7 Å². The van der Waals surface area contributed by atoms with E-state index in [1.54, 1.807) is 43.5 Å². The summed E-state index contributed by atoms with van der Waals surface area (Å²) in [6.45, 7) is 0. The molecule has 0 fully saturated rings. The van der Waals surface area contributed by atoms with Crippen LogP contribution >= 0.6 is 11.8 Å². The number of hydrogen-bond donors (Lipinski definition) is 2. The molecule has 0 aliphatic heterocycles. The van der Waals surface area contributed by atoms with Gasteiger partial charge in [-0.15, -0.1) is 0 Å².